The molecule has 0 fully saturated rings. The number of rotatable bonds is 5. The number of nitrogens with two attached hydrogens (primary N) is 3. The number of aryl methyl sites for hydroxylation is 1. The van der Waals surface area contributed by atoms with Gasteiger partial charge in [0.2, 0.25) is 5.91 Å². The molecule has 1 aliphatic heterocycles. The molecule has 3 aromatic rings. The third-order valence-electron chi connectivity index (χ3n) is 5.33. The molecule has 0 saturated carbocycles. The van der Waals surface area contributed by atoms with Crippen LogP contribution < -0.4 is 17.2 Å². The standard InChI is InChI=1S/C22H20Cl2N6O2/c1-29-8-11(7-28-29)4-13(21(27)31)9-30-10-15-14(2-3-18(25)19(15)22(30)32)12-5-16(23)20(26)17(24)6-12/h2-8H,9-10,25-26H2,1H3,(H2,27,31)/b13-4-. The van der Waals surface area contributed by atoms with Crippen LogP contribution in [0.15, 0.2) is 42.2 Å². The summed E-state index contributed by atoms with van der Waals surface area (Å²) in [5.74, 6) is -0.909. The zero-order valence-corrected chi connectivity index (χ0v) is 18.6. The van der Waals surface area contributed by atoms with Gasteiger partial charge in [0, 0.05) is 36.6 Å². The smallest absolute Gasteiger partial charge is 0.256 e. The molecule has 4 rings (SSSR count). The van der Waals surface area contributed by atoms with Gasteiger partial charge in [-0.3, -0.25) is 14.3 Å². The molecular weight excluding hydrogens is 451 g/mol. The third-order valence-corrected chi connectivity index (χ3v) is 5.95. The largest absolute Gasteiger partial charge is 0.398 e. The van der Waals surface area contributed by atoms with E-state index in [1.807, 2.05) is 6.07 Å². The van der Waals surface area contributed by atoms with Crippen LogP contribution in [-0.4, -0.2) is 33.0 Å². The molecule has 2 amide bonds. The Labute approximate surface area is 194 Å². The van der Waals surface area contributed by atoms with Crippen molar-refractivity contribution in [1.29, 1.82) is 0 Å². The quantitative estimate of drug-likeness (QED) is 0.389. The molecule has 1 aromatic heterocycles. The van der Waals surface area contributed by atoms with Gasteiger partial charge in [-0.25, -0.2) is 0 Å². The van der Waals surface area contributed by atoms with Crippen LogP contribution in [0.25, 0.3) is 17.2 Å². The normalized spacial score (nSPS) is 13.5. The molecule has 10 heteroatoms. The number of anilines is 2. The van der Waals surface area contributed by atoms with E-state index in [1.54, 1.807) is 48.4 Å². The van der Waals surface area contributed by atoms with Crippen molar-refractivity contribution in [3.63, 3.8) is 0 Å². The lowest BCUT2D eigenvalue weighted by Gasteiger charge is -2.17. The van der Waals surface area contributed by atoms with Crippen LogP contribution in [0.1, 0.15) is 21.5 Å². The first kappa shape index (κ1) is 21.7. The number of fused-ring (bicyclic) bond motifs is 1. The molecule has 32 heavy (non-hydrogen) atoms. The van der Waals surface area contributed by atoms with E-state index in [0.717, 1.165) is 11.1 Å². The van der Waals surface area contributed by atoms with E-state index < -0.39 is 5.91 Å². The van der Waals surface area contributed by atoms with Crippen molar-refractivity contribution in [2.45, 2.75) is 6.54 Å². The molecule has 0 atom stereocenters. The van der Waals surface area contributed by atoms with E-state index in [4.69, 9.17) is 40.4 Å². The summed E-state index contributed by atoms with van der Waals surface area (Å²) >= 11 is 12.4. The Bertz CT molecular complexity index is 1270. The average Bonchev–Trinajstić information content (AvgIpc) is 3.29. The predicted molar refractivity (Wildman–Crippen MR) is 126 cm³/mol. The summed E-state index contributed by atoms with van der Waals surface area (Å²) in [6.07, 6.45) is 4.97. The molecule has 8 nitrogen and oxygen atoms in total. The minimum atomic E-state index is -0.622. The van der Waals surface area contributed by atoms with Gasteiger partial charge in [-0.05, 0) is 41.0 Å². The Morgan fingerprint density at radius 2 is 1.91 bits per heavy atom. The lowest BCUT2D eigenvalue weighted by Crippen LogP contribution is -2.30. The Kier molecular flexibility index (Phi) is 5.58. The second-order valence-electron chi connectivity index (χ2n) is 7.55. The van der Waals surface area contributed by atoms with Crippen molar-refractivity contribution in [2.75, 3.05) is 18.0 Å². The highest BCUT2D eigenvalue weighted by Crippen LogP contribution is 2.40. The number of aromatic nitrogens is 2. The minimum Gasteiger partial charge on any atom is -0.398 e. The van der Waals surface area contributed by atoms with Crippen LogP contribution in [0.4, 0.5) is 11.4 Å². The maximum Gasteiger partial charge on any atom is 0.256 e. The SMILES string of the molecule is Cn1cc(/C=C(/CN2Cc3c(-c4cc(Cl)c(N)c(Cl)c4)ccc(N)c3C2=O)C(N)=O)cn1. The Morgan fingerprint density at radius 1 is 1.22 bits per heavy atom. The molecule has 0 saturated heterocycles. The molecule has 2 heterocycles. The van der Waals surface area contributed by atoms with Crippen LogP contribution in [0, 0.1) is 0 Å². The monoisotopic (exact) mass is 470 g/mol. The van der Waals surface area contributed by atoms with Gasteiger partial charge in [0.25, 0.3) is 5.91 Å². The summed E-state index contributed by atoms with van der Waals surface area (Å²) in [6, 6.07) is 6.86. The van der Waals surface area contributed by atoms with Gasteiger partial charge >= 0.3 is 0 Å². The highest BCUT2D eigenvalue weighted by molar-refractivity contribution is 6.39. The van der Waals surface area contributed by atoms with Crippen LogP contribution in [0.3, 0.4) is 0 Å². The average molecular weight is 471 g/mol. The summed E-state index contributed by atoms with van der Waals surface area (Å²) in [6.45, 7) is 0.270. The van der Waals surface area contributed by atoms with Crippen LogP contribution in [0.2, 0.25) is 10.0 Å². The van der Waals surface area contributed by atoms with Gasteiger partial charge in [0.1, 0.15) is 0 Å². The molecule has 0 radical (unpaired) electrons. The number of hydrogen-bond acceptors (Lipinski definition) is 5. The summed E-state index contributed by atoms with van der Waals surface area (Å²) in [5, 5.41) is 4.71. The summed E-state index contributed by atoms with van der Waals surface area (Å²) in [7, 11) is 1.77. The van der Waals surface area contributed by atoms with Crippen molar-refractivity contribution >= 4 is 52.5 Å². The Hall–Kier alpha value is -3.49. The maximum atomic E-state index is 13.2. The number of halogens is 2. The van der Waals surface area contributed by atoms with Gasteiger partial charge < -0.3 is 22.1 Å². The zero-order valence-electron chi connectivity index (χ0n) is 17.1. The van der Waals surface area contributed by atoms with Crippen molar-refractivity contribution < 1.29 is 9.59 Å². The third kappa shape index (κ3) is 3.90. The second-order valence-corrected chi connectivity index (χ2v) is 8.37. The molecule has 6 N–H and O–H groups in total. The zero-order chi connectivity index (χ0) is 23.2. The fraction of sp³-hybridized carbons (Fsp3) is 0.136. The molecule has 0 bridgehead atoms. The summed E-state index contributed by atoms with van der Waals surface area (Å²) < 4.78 is 1.61. The van der Waals surface area contributed by atoms with E-state index >= 15 is 0 Å². The van der Waals surface area contributed by atoms with E-state index in [2.05, 4.69) is 5.10 Å². The van der Waals surface area contributed by atoms with Crippen molar-refractivity contribution in [1.82, 2.24) is 14.7 Å². The van der Waals surface area contributed by atoms with Gasteiger partial charge in [-0.1, -0.05) is 29.3 Å². The van der Waals surface area contributed by atoms with Crippen LogP contribution >= 0.6 is 23.2 Å². The number of amides is 2. The van der Waals surface area contributed by atoms with E-state index in [0.29, 0.717) is 32.4 Å². The fourth-order valence-corrected chi connectivity index (χ4v) is 4.24. The highest BCUT2D eigenvalue weighted by Gasteiger charge is 2.33. The first-order chi connectivity index (χ1) is 15.2. The topological polar surface area (TPSA) is 133 Å². The number of hydrogen-bond donors (Lipinski definition) is 3. The molecule has 0 aliphatic carbocycles. The number of carbonyl (C=O) groups excluding carboxylic acids is 2. The maximum absolute atomic E-state index is 13.2. The van der Waals surface area contributed by atoms with E-state index in [9.17, 15) is 9.59 Å². The molecule has 1 aliphatic rings. The molecular formula is C22H20Cl2N6O2. The Balaban J connectivity index is 1.72. The van der Waals surface area contributed by atoms with Crippen LogP contribution in [0.5, 0.6) is 0 Å². The van der Waals surface area contributed by atoms with Crippen molar-refractivity contribution in [2.24, 2.45) is 12.8 Å². The number of primary amides is 1. The first-order valence-electron chi connectivity index (χ1n) is 9.60. The predicted octanol–water partition coefficient (Wildman–Crippen LogP) is 3.08. The lowest BCUT2D eigenvalue weighted by molar-refractivity contribution is -0.114. The molecule has 2 aromatic carbocycles. The molecule has 164 valence electrons. The number of nitrogens with zero attached hydrogens (tertiary/aromatic N) is 3. The van der Waals surface area contributed by atoms with E-state index in [-0.39, 0.29) is 30.3 Å². The van der Waals surface area contributed by atoms with Gasteiger partial charge in [-0.2, -0.15) is 5.10 Å². The van der Waals surface area contributed by atoms with Crippen molar-refractivity contribution in [3.8, 4) is 11.1 Å². The Morgan fingerprint density at radius 3 is 2.50 bits per heavy atom. The minimum absolute atomic E-state index is 0.0276. The number of nitrogen functional groups attached to an aromatic ring is 2. The first-order valence-corrected chi connectivity index (χ1v) is 10.4. The van der Waals surface area contributed by atoms with Crippen LogP contribution in [-0.2, 0) is 18.4 Å². The summed E-state index contributed by atoms with van der Waals surface area (Å²) in [5.41, 5.74) is 21.8. The fourth-order valence-electron chi connectivity index (χ4n) is 3.76. The number of carbonyl (C=O) groups is 2. The number of benzene rings is 2. The van der Waals surface area contributed by atoms with Gasteiger partial charge in [-0.15, -0.1) is 0 Å². The van der Waals surface area contributed by atoms with Crippen molar-refractivity contribution in [3.05, 3.63) is 69.0 Å². The molecule has 0 spiro atoms. The van der Waals surface area contributed by atoms with Gasteiger partial charge in [0.15, 0.2) is 0 Å². The summed E-state index contributed by atoms with van der Waals surface area (Å²) in [4.78, 5) is 26.8. The van der Waals surface area contributed by atoms with E-state index in [1.165, 1.54) is 4.90 Å². The van der Waals surface area contributed by atoms with Gasteiger partial charge in [0.05, 0.1) is 34.0 Å². The second kappa shape index (κ2) is 8.22. The lowest BCUT2D eigenvalue weighted by atomic mass is 9.95. The highest BCUT2D eigenvalue weighted by atomic mass is 35.5. The molecule has 0 unspecified atom stereocenters.